The van der Waals surface area contributed by atoms with E-state index >= 15 is 0 Å². The van der Waals surface area contributed by atoms with Crippen molar-refractivity contribution in [3.63, 3.8) is 0 Å². The van der Waals surface area contributed by atoms with Crippen molar-refractivity contribution in [2.75, 3.05) is 13.2 Å². The molecule has 4 heteroatoms. The van der Waals surface area contributed by atoms with E-state index in [9.17, 15) is 0 Å². The van der Waals surface area contributed by atoms with Crippen LogP contribution in [0.1, 0.15) is 77.0 Å². The number of hydrogen-bond acceptors (Lipinski definition) is 4. The highest BCUT2D eigenvalue weighted by Crippen LogP contribution is 2.43. The van der Waals surface area contributed by atoms with E-state index in [1.165, 1.54) is 77.0 Å². The molecule has 8 aliphatic rings. The topological polar surface area (TPSA) is 50.1 Å². The SMILES string of the molecule is C1=CCC(C2CO2)CC1.C1CC2OC2CC1C1CO1.C=CC1CC=CCC1.C=CC1CCC2OC2C1. The molecule has 6 fully saturated rings. The fourth-order valence-electron chi connectivity index (χ4n) is 6.26. The smallest absolute Gasteiger partial charge is 0.0847 e. The minimum absolute atomic E-state index is 0.613. The summed E-state index contributed by atoms with van der Waals surface area (Å²) in [5, 5.41) is 0. The van der Waals surface area contributed by atoms with Crippen LogP contribution >= 0.6 is 0 Å². The summed E-state index contributed by atoms with van der Waals surface area (Å²) in [6, 6.07) is 0. The molecule has 0 aromatic rings. The highest BCUT2D eigenvalue weighted by molar-refractivity contribution is 4.98. The lowest BCUT2D eigenvalue weighted by atomic mass is 9.87. The van der Waals surface area contributed by atoms with E-state index in [1.807, 2.05) is 0 Å². The number of hydrogen-bond donors (Lipinski definition) is 0. The molecule has 8 rings (SSSR count). The molecule has 36 heavy (non-hydrogen) atoms. The first-order valence-electron chi connectivity index (χ1n) is 14.8. The van der Waals surface area contributed by atoms with Crippen LogP contribution < -0.4 is 0 Å². The van der Waals surface area contributed by atoms with Gasteiger partial charge >= 0.3 is 0 Å². The van der Waals surface area contributed by atoms with Gasteiger partial charge in [-0.25, -0.2) is 0 Å². The standard InChI is InChI=1S/C8H12O2.2C8H12O.C8H12/c1-2-6-7(10-6)3-5(1)8-4-9-8;1-2-6-3-4-7-8(5-6)9-7;1-2-4-7(5-3-1)8-6-9-8;1-2-8-6-4-3-5-7-8/h5-8H,1-4H2;2,6-8H,1,3-5H2;1-2,7-8H,3-6H2;2-4,8H,1,5-7H2. The molecule has 10 atom stereocenters. The van der Waals surface area contributed by atoms with Crippen LogP contribution in [0, 0.1) is 23.7 Å². The Kier molecular flexibility index (Phi) is 9.57. The number of allylic oxidation sites excluding steroid dienone is 6. The third-order valence-electron chi connectivity index (χ3n) is 9.15. The van der Waals surface area contributed by atoms with E-state index in [2.05, 4.69) is 49.6 Å². The second-order valence-electron chi connectivity index (χ2n) is 11.9. The molecule has 2 saturated carbocycles. The van der Waals surface area contributed by atoms with Crippen molar-refractivity contribution < 1.29 is 18.9 Å². The number of fused-ring (bicyclic) bond motifs is 2. The van der Waals surface area contributed by atoms with Crippen molar-refractivity contribution in [1.29, 1.82) is 0 Å². The van der Waals surface area contributed by atoms with Gasteiger partial charge in [0.2, 0.25) is 0 Å². The zero-order valence-corrected chi connectivity index (χ0v) is 22.2. The summed E-state index contributed by atoms with van der Waals surface area (Å²) in [6.45, 7) is 9.57. The molecule has 0 N–H and O–H groups in total. The molecule has 4 saturated heterocycles. The van der Waals surface area contributed by atoms with Crippen molar-refractivity contribution in [2.24, 2.45) is 23.7 Å². The van der Waals surface area contributed by atoms with Crippen LogP contribution in [0.4, 0.5) is 0 Å². The van der Waals surface area contributed by atoms with Gasteiger partial charge in [0.1, 0.15) is 0 Å². The van der Waals surface area contributed by atoms with Gasteiger partial charge in [0.05, 0.1) is 49.8 Å². The number of ether oxygens (including phenoxy) is 4. The minimum atomic E-state index is 0.613. The van der Waals surface area contributed by atoms with Gasteiger partial charge in [-0.15, -0.1) is 13.2 Å². The average Bonchev–Trinajstić information content (AvgIpc) is 3.79. The molecule has 0 spiro atoms. The van der Waals surface area contributed by atoms with Crippen molar-refractivity contribution in [3.05, 3.63) is 49.6 Å². The van der Waals surface area contributed by atoms with E-state index in [0.29, 0.717) is 36.6 Å². The van der Waals surface area contributed by atoms with Gasteiger partial charge in [0.15, 0.2) is 0 Å². The number of epoxide rings is 4. The molecule has 200 valence electrons. The van der Waals surface area contributed by atoms with Crippen LogP contribution in [0.2, 0.25) is 0 Å². The molecule has 0 aromatic carbocycles. The zero-order valence-electron chi connectivity index (χ0n) is 22.2. The average molecular weight is 497 g/mol. The van der Waals surface area contributed by atoms with E-state index in [-0.39, 0.29) is 0 Å². The fraction of sp³-hybridized carbons (Fsp3) is 0.750. The third-order valence-corrected chi connectivity index (χ3v) is 9.15. The third kappa shape index (κ3) is 8.41. The summed E-state index contributed by atoms with van der Waals surface area (Å²) in [4.78, 5) is 0. The molecular formula is C32H48O4. The van der Waals surface area contributed by atoms with Gasteiger partial charge in [-0.05, 0) is 101 Å². The Hall–Kier alpha value is -1.20. The van der Waals surface area contributed by atoms with Gasteiger partial charge in [-0.3, -0.25) is 0 Å². The molecule has 10 unspecified atom stereocenters. The predicted molar refractivity (Wildman–Crippen MR) is 145 cm³/mol. The van der Waals surface area contributed by atoms with Crippen LogP contribution in [-0.4, -0.2) is 49.8 Å². The summed E-state index contributed by atoms with van der Waals surface area (Å²) in [6.07, 6.45) is 32.3. The summed E-state index contributed by atoms with van der Waals surface area (Å²) in [5.41, 5.74) is 0. The Bertz CT molecular complexity index is 766. The quantitative estimate of drug-likeness (QED) is 0.312. The molecule has 0 aromatic heterocycles. The zero-order chi connectivity index (χ0) is 24.7. The largest absolute Gasteiger partial charge is 0.373 e. The lowest BCUT2D eigenvalue weighted by Gasteiger charge is -2.15. The summed E-state index contributed by atoms with van der Waals surface area (Å²) >= 11 is 0. The second kappa shape index (κ2) is 13.0. The van der Waals surface area contributed by atoms with E-state index < -0.39 is 0 Å². The first kappa shape index (κ1) is 26.4. The predicted octanol–water partition coefficient (Wildman–Crippen LogP) is 6.96. The van der Waals surface area contributed by atoms with Gasteiger partial charge < -0.3 is 18.9 Å². The van der Waals surface area contributed by atoms with Crippen molar-refractivity contribution in [3.8, 4) is 0 Å². The minimum Gasteiger partial charge on any atom is -0.373 e. The lowest BCUT2D eigenvalue weighted by Crippen LogP contribution is -2.17. The van der Waals surface area contributed by atoms with Crippen LogP contribution in [0.5, 0.6) is 0 Å². The van der Waals surface area contributed by atoms with Gasteiger partial charge in [-0.1, -0.05) is 36.5 Å². The summed E-state index contributed by atoms with van der Waals surface area (Å²) in [5.74, 6) is 3.20. The number of rotatable bonds is 4. The Morgan fingerprint density at radius 1 is 0.528 bits per heavy atom. The monoisotopic (exact) mass is 496 g/mol. The van der Waals surface area contributed by atoms with Crippen LogP contribution in [0.3, 0.4) is 0 Å². The maximum atomic E-state index is 5.43. The van der Waals surface area contributed by atoms with E-state index in [1.54, 1.807) is 0 Å². The normalized spacial score (nSPS) is 44.3. The first-order chi connectivity index (χ1) is 17.7. The first-order valence-corrected chi connectivity index (χ1v) is 14.8. The Balaban J connectivity index is 0.0000000992. The molecular weight excluding hydrogens is 448 g/mol. The highest BCUT2D eigenvalue weighted by atomic mass is 16.6. The van der Waals surface area contributed by atoms with Crippen molar-refractivity contribution in [1.82, 2.24) is 0 Å². The summed E-state index contributed by atoms with van der Waals surface area (Å²) in [7, 11) is 0. The van der Waals surface area contributed by atoms with Gasteiger partial charge in [0.25, 0.3) is 0 Å². The second-order valence-corrected chi connectivity index (χ2v) is 11.9. The summed E-state index contributed by atoms with van der Waals surface area (Å²) < 4.78 is 21.3. The molecule has 0 radical (unpaired) electrons. The molecule has 4 heterocycles. The maximum Gasteiger partial charge on any atom is 0.0847 e. The van der Waals surface area contributed by atoms with Crippen LogP contribution in [0.15, 0.2) is 49.6 Å². The Morgan fingerprint density at radius 3 is 1.64 bits per heavy atom. The molecule has 4 nitrogen and oxygen atoms in total. The Labute approximate surface area is 219 Å². The molecule has 0 bridgehead atoms. The van der Waals surface area contributed by atoms with Crippen molar-refractivity contribution >= 4 is 0 Å². The van der Waals surface area contributed by atoms with Crippen LogP contribution in [0.25, 0.3) is 0 Å². The van der Waals surface area contributed by atoms with E-state index in [0.717, 1.165) is 36.9 Å². The van der Waals surface area contributed by atoms with Gasteiger partial charge in [0, 0.05) is 0 Å². The maximum absolute atomic E-state index is 5.43. The molecule has 4 aliphatic heterocycles. The van der Waals surface area contributed by atoms with Gasteiger partial charge in [-0.2, -0.15) is 0 Å². The van der Waals surface area contributed by atoms with E-state index in [4.69, 9.17) is 18.9 Å². The fourth-order valence-corrected chi connectivity index (χ4v) is 6.26. The molecule has 4 aliphatic carbocycles. The Morgan fingerprint density at radius 2 is 1.14 bits per heavy atom. The highest BCUT2D eigenvalue weighted by Gasteiger charge is 2.48. The van der Waals surface area contributed by atoms with Crippen LogP contribution in [-0.2, 0) is 18.9 Å². The lowest BCUT2D eigenvalue weighted by molar-refractivity contribution is 0.279. The van der Waals surface area contributed by atoms with Crippen molar-refractivity contribution in [2.45, 2.75) is 114 Å². The molecule has 0 amide bonds.